The Hall–Kier alpha value is -5.25. The Labute approximate surface area is 245 Å². The molecule has 2 atom stereocenters. The first-order valence-electron chi connectivity index (χ1n) is 14.1. The first-order valence-corrected chi connectivity index (χ1v) is 14.1. The number of amides is 1. The van der Waals surface area contributed by atoms with E-state index in [1.807, 2.05) is 36.4 Å². The summed E-state index contributed by atoms with van der Waals surface area (Å²) >= 11 is 0. The average Bonchev–Trinajstić information content (AvgIpc) is 3.64. The van der Waals surface area contributed by atoms with Gasteiger partial charge in [0.15, 0.2) is 5.65 Å². The quantitative estimate of drug-likeness (QED) is 0.269. The fraction of sp³-hybridized carbons (Fsp3) is 0.182. The summed E-state index contributed by atoms with van der Waals surface area (Å²) in [6.45, 7) is -0.281. The van der Waals surface area contributed by atoms with Crippen molar-refractivity contribution in [1.82, 2.24) is 24.3 Å². The van der Waals surface area contributed by atoms with Crippen LogP contribution in [0.2, 0.25) is 0 Å². The molecular weight excluding hydrogens is 550 g/mol. The number of hydrogen-bond donors (Lipinski definition) is 0. The fourth-order valence-electron chi connectivity index (χ4n) is 6.00. The zero-order valence-corrected chi connectivity index (χ0v) is 23.0. The highest BCUT2D eigenvalue weighted by molar-refractivity contribution is 6.08. The minimum absolute atomic E-state index is 0.115. The van der Waals surface area contributed by atoms with Gasteiger partial charge in [-0.05, 0) is 78.4 Å². The van der Waals surface area contributed by atoms with E-state index >= 15 is 0 Å². The molecule has 0 saturated heterocycles. The van der Waals surface area contributed by atoms with Crippen molar-refractivity contribution in [1.29, 1.82) is 0 Å². The number of carbonyl (C=O) groups excluding carboxylic acids is 1. The SMILES string of the molecule is O=C(Cn1cnc2c(cnn2-c2ccccc2)c1=O)N1N=C2C(=Cc3ccc(F)cc3)CCCC2C1c1ccc(F)cc1. The standard InChI is InChI=1S/C33H26F2N6O2/c34-24-13-9-21(10-14-24)17-23-5-4-8-27-30(23)38-41(31(27)22-11-15-25(35)16-12-22)29(42)19-39-20-36-32-28(33(39)43)18-37-40(32)26-6-2-1-3-7-26/h1-3,6-7,9-18,20,27,31H,4-5,8,19H2. The molecule has 7 rings (SSSR count). The van der Waals surface area contributed by atoms with Gasteiger partial charge in [0.05, 0.1) is 23.6 Å². The summed E-state index contributed by atoms with van der Waals surface area (Å²) in [5.74, 6) is -1.19. The normalized spacial score (nSPS) is 19.1. The second-order valence-electron chi connectivity index (χ2n) is 10.7. The highest BCUT2D eigenvalue weighted by atomic mass is 19.1. The molecule has 0 N–H and O–H groups in total. The van der Waals surface area contributed by atoms with Gasteiger partial charge in [0.25, 0.3) is 11.5 Å². The van der Waals surface area contributed by atoms with Crippen LogP contribution in [0.3, 0.4) is 0 Å². The molecule has 1 saturated carbocycles. The van der Waals surface area contributed by atoms with Gasteiger partial charge >= 0.3 is 0 Å². The van der Waals surface area contributed by atoms with E-state index in [0.29, 0.717) is 11.0 Å². The lowest BCUT2D eigenvalue weighted by molar-refractivity contribution is -0.134. The maximum atomic E-state index is 13.9. The molecule has 43 heavy (non-hydrogen) atoms. The van der Waals surface area contributed by atoms with Crippen LogP contribution in [0.25, 0.3) is 22.8 Å². The van der Waals surface area contributed by atoms with Crippen LogP contribution in [0.5, 0.6) is 0 Å². The summed E-state index contributed by atoms with van der Waals surface area (Å²) in [6.07, 6.45) is 7.21. The molecule has 2 aromatic heterocycles. The molecule has 1 fully saturated rings. The summed E-state index contributed by atoms with van der Waals surface area (Å²) in [5, 5.41) is 10.9. The van der Waals surface area contributed by atoms with Crippen molar-refractivity contribution in [3.63, 3.8) is 0 Å². The highest BCUT2D eigenvalue weighted by Crippen LogP contribution is 2.44. The van der Waals surface area contributed by atoms with Crippen LogP contribution in [-0.4, -0.2) is 36.0 Å². The van der Waals surface area contributed by atoms with Crippen LogP contribution in [0.15, 0.2) is 107 Å². The zero-order valence-electron chi connectivity index (χ0n) is 23.0. The summed E-state index contributed by atoms with van der Waals surface area (Å²) < 4.78 is 30.2. The van der Waals surface area contributed by atoms with Gasteiger partial charge in [0.1, 0.15) is 29.9 Å². The Bertz CT molecular complexity index is 1950. The largest absolute Gasteiger partial charge is 0.289 e. The fourth-order valence-corrected chi connectivity index (χ4v) is 6.00. The third-order valence-electron chi connectivity index (χ3n) is 8.04. The van der Waals surface area contributed by atoms with Gasteiger partial charge in [0, 0.05) is 5.92 Å². The molecule has 1 amide bonds. The van der Waals surface area contributed by atoms with Gasteiger partial charge in [-0.25, -0.2) is 23.5 Å². The number of nitrogens with zero attached hydrogens (tertiary/aromatic N) is 6. The molecule has 0 bridgehead atoms. The van der Waals surface area contributed by atoms with E-state index in [-0.39, 0.29) is 29.7 Å². The van der Waals surface area contributed by atoms with Crippen molar-refractivity contribution in [3.8, 4) is 5.69 Å². The van der Waals surface area contributed by atoms with Crippen LogP contribution in [0, 0.1) is 17.6 Å². The molecule has 3 aromatic carbocycles. The molecule has 10 heteroatoms. The summed E-state index contributed by atoms with van der Waals surface area (Å²) in [5.41, 5.74) is 4.12. The van der Waals surface area contributed by atoms with E-state index in [9.17, 15) is 18.4 Å². The second-order valence-corrected chi connectivity index (χ2v) is 10.7. The van der Waals surface area contributed by atoms with E-state index in [1.54, 1.807) is 28.9 Å². The van der Waals surface area contributed by atoms with Gasteiger partial charge < -0.3 is 0 Å². The maximum Gasteiger partial charge on any atom is 0.264 e. The number of hydrazone groups is 1. The molecular formula is C33H26F2N6O2. The topological polar surface area (TPSA) is 85.4 Å². The lowest BCUT2D eigenvalue weighted by Gasteiger charge is -2.29. The van der Waals surface area contributed by atoms with Crippen molar-refractivity contribution in [2.45, 2.75) is 31.8 Å². The van der Waals surface area contributed by atoms with Gasteiger partial charge in [-0.2, -0.15) is 10.2 Å². The predicted molar refractivity (Wildman–Crippen MR) is 158 cm³/mol. The lowest BCUT2D eigenvalue weighted by Crippen LogP contribution is -2.36. The molecule has 3 heterocycles. The van der Waals surface area contributed by atoms with E-state index < -0.39 is 11.9 Å². The number of fused-ring (bicyclic) bond motifs is 2. The predicted octanol–water partition coefficient (Wildman–Crippen LogP) is 5.68. The van der Waals surface area contributed by atoms with E-state index in [0.717, 1.165) is 47.4 Å². The molecule has 8 nitrogen and oxygen atoms in total. The van der Waals surface area contributed by atoms with E-state index in [2.05, 4.69) is 10.1 Å². The highest BCUT2D eigenvalue weighted by Gasteiger charge is 2.43. The van der Waals surface area contributed by atoms with Crippen LogP contribution < -0.4 is 5.56 Å². The number of para-hydroxylation sites is 1. The number of hydrogen-bond acceptors (Lipinski definition) is 5. The van der Waals surface area contributed by atoms with E-state index in [1.165, 1.54) is 46.4 Å². The Morgan fingerprint density at radius 2 is 1.67 bits per heavy atom. The molecule has 0 radical (unpaired) electrons. The number of carbonyl (C=O) groups is 1. The lowest BCUT2D eigenvalue weighted by atomic mass is 9.77. The molecule has 5 aromatic rings. The monoisotopic (exact) mass is 576 g/mol. The van der Waals surface area contributed by atoms with Gasteiger partial charge in [-0.1, -0.05) is 42.5 Å². The van der Waals surface area contributed by atoms with Gasteiger partial charge in [-0.15, -0.1) is 0 Å². The maximum absolute atomic E-state index is 13.9. The van der Waals surface area contributed by atoms with Crippen LogP contribution >= 0.6 is 0 Å². The molecule has 0 spiro atoms. The molecule has 1 aliphatic carbocycles. The van der Waals surface area contributed by atoms with Gasteiger partial charge in [-0.3, -0.25) is 14.2 Å². The second kappa shape index (κ2) is 10.9. The third kappa shape index (κ3) is 4.94. The number of benzene rings is 3. The van der Waals surface area contributed by atoms with Crippen LogP contribution in [0.1, 0.15) is 36.4 Å². The number of rotatable bonds is 5. The summed E-state index contributed by atoms with van der Waals surface area (Å²) in [7, 11) is 0. The average molecular weight is 577 g/mol. The Kier molecular flexibility index (Phi) is 6.73. The number of aromatic nitrogens is 4. The molecule has 214 valence electrons. The van der Waals surface area contributed by atoms with Crippen molar-refractivity contribution in [2.24, 2.45) is 11.0 Å². The van der Waals surface area contributed by atoms with Crippen LogP contribution in [0.4, 0.5) is 8.78 Å². The van der Waals surface area contributed by atoms with Crippen molar-refractivity contribution >= 4 is 28.7 Å². The number of allylic oxidation sites excluding steroid dienone is 1. The first kappa shape index (κ1) is 26.6. The number of halogens is 2. The van der Waals surface area contributed by atoms with Crippen molar-refractivity contribution in [3.05, 3.63) is 130 Å². The Balaban J connectivity index is 1.24. The molecule has 2 unspecified atom stereocenters. The first-order chi connectivity index (χ1) is 21.0. The molecule has 1 aliphatic heterocycles. The third-order valence-corrected chi connectivity index (χ3v) is 8.04. The van der Waals surface area contributed by atoms with Crippen molar-refractivity contribution in [2.75, 3.05) is 0 Å². The summed E-state index contributed by atoms with van der Waals surface area (Å²) in [4.78, 5) is 31.8. The Morgan fingerprint density at radius 1 is 0.953 bits per heavy atom. The van der Waals surface area contributed by atoms with Crippen LogP contribution in [-0.2, 0) is 11.3 Å². The zero-order chi connectivity index (χ0) is 29.5. The summed E-state index contributed by atoms with van der Waals surface area (Å²) in [6, 6.07) is 21.2. The minimum Gasteiger partial charge on any atom is -0.289 e. The smallest absolute Gasteiger partial charge is 0.264 e. The van der Waals surface area contributed by atoms with Crippen molar-refractivity contribution < 1.29 is 13.6 Å². The van der Waals surface area contributed by atoms with Gasteiger partial charge in [0.2, 0.25) is 0 Å². The molecule has 2 aliphatic rings. The minimum atomic E-state index is -0.465. The Morgan fingerprint density at radius 3 is 2.42 bits per heavy atom. The van der Waals surface area contributed by atoms with E-state index in [4.69, 9.17) is 5.10 Å².